The van der Waals surface area contributed by atoms with Crippen molar-refractivity contribution in [3.63, 3.8) is 0 Å². The van der Waals surface area contributed by atoms with E-state index in [9.17, 15) is 9.59 Å². The molecule has 0 spiro atoms. The molecule has 0 atom stereocenters. The zero-order valence-electron chi connectivity index (χ0n) is 12.4. The number of methoxy groups -OCH3 is 1. The average Bonchev–Trinajstić information content (AvgIpc) is 2.54. The number of esters is 1. The highest BCUT2D eigenvalue weighted by molar-refractivity contribution is 5.90. The summed E-state index contributed by atoms with van der Waals surface area (Å²) in [6.45, 7) is 4.84. The van der Waals surface area contributed by atoms with E-state index in [1.807, 2.05) is 18.2 Å². The zero-order valence-corrected chi connectivity index (χ0v) is 12.4. The third-order valence-corrected chi connectivity index (χ3v) is 3.44. The summed E-state index contributed by atoms with van der Waals surface area (Å²) in [6, 6.07) is 7.32. The molecule has 0 aliphatic carbocycles. The molecule has 21 heavy (non-hydrogen) atoms. The Hall–Kier alpha value is -2.24. The van der Waals surface area contributed by atoms with Gasteiger partial charge in [0.2, 0.25) is 0 Å². The molecule has 1 aliphatic rings. The summed E-state index contributed by atoms with van der Waals surface area (Å²) in [5, 5.41) is 0. The monoisotopic (exact) mass is 292 g/mol. The molecule has 1 heterocycles. The SMILES string of the molecule is CCOC(=O)N1CCN(c2cccc(C(=O)OC)c2)CC1. The van der Waals surface area contributed by atoms with Gasteiger partial charge >= 0.3 is 12.1 Å². The Morgan fingerprint density at radius 2 is 1.90 bits per heavy atom. The normalized spacial score (nSPS) is 14.8. The Morgan fingerprint density at radius 1 is 1.19 bits per heavy atom. The maximum absolute atomic E-state index is 11.6. The number of anilines is 1. The second kappa shape index (κ2) is 6.97. The van der Waals surface area contributed by atoms with Crippen LogP contribution in [0, 0.1) is 0 Å². The van der Waals surface area contributed by atoms with Crippen LogP contribution in [0.4, 0.5) is 10.5 Å². The van der Waals surface area contributed by atoms with Crippen LogP contribution in [0.2, 0.25) is 0 Å². The van der Waals surface area contributed by atoms with Crippen molar-refractivity contribution in [3.8, 4) is 0 Å². The molecular weight excluding hydrogens is 272 g/mol. The maximum atomic E-state index is 11.6. The molecule has 6 nitrogen and oxygen atoms in total. The summed E-state index contributed by atoms with van der Waals surface area (Å²) in [5.41, 5.74) is 1.49. The van der Waals surface area contributed by atoms with Gasteiger partial charge in [0.1, 0.15) is 0 Å². The summed E-state index contributed by atoms with van der Waals surface area (Å²) in [5.74, 6) is -0.345. The Kier molecular flexibility index (Phi) is 5.03. The van der Waals surface area contributed by atoms with Gasteiger partial charge in [0, 0.05) is 31.9 Å². The number of piperazine rings is 1. The lowest BCUT2D eigenvalue weighted by Crippen LogP contribution is -2.49. The van der Waals surface area contributed by atoms with Gasteiger partial charge in [0.05, 0.1) is 19.3 Å². The van der Waals surface area contributed by atoms with Crippen LogP contribution < -0.4 is 4.90 Å². The van der Waals surface area contributed by atoms with Crippen LogP contribution in [-0.2, 0) is 9.47 Å². The van der Waals surface area contributed by atoms with Crippen molar-refractivity contribution >= 4 is 17.7 Å². The smallest absolute Gasteiger partial charge is 0.409 e. The van der Waals surface area contributed by atoms with Crippen LogP contribution in [0.5, 0.6) is 0 Å². The lowest BCUT2D eigenvalue weighted by Gasteiger charge is -2.35. The Morgan fingerprint density at radius 3 is 2.52 bits per heavy atom. The minimum absolute atomic E-state index is 0.263. The molecule has 0 unspecified atom stereocenters. The molecule has 0 radical (unpaired) electrons. The first-order valence-electron chi connectivity index (χ1n) is 7.00. The number of nitrogens with zero attached hydrogens (tertiary/aromatic N) is 2. The molecule has 1 fully saturated rings. The van der Waals surface area contributed by atoms with Crippen LogP contribution >= 0.6 is 0 Å². The summed E-state index contributed by atoms with van der Waals surface area (Å²) >= 11 is 0. The molecule has 1 saturated heterocycles. The van der Waals surface area contributed by atoms with Crippen LogP contribution in [0.1, 0.15) is 17.3 Å². The van der Waals surface area contributed by atoms with Gasteiger partial charge in [-0.2, -0.15) is 0 Å². The van der Waals surface area contributed by atoms with E-state index >= 15 is 0 Å². The molecule has 1 aromatic rings. The Labute approximate surface area is 124 Å². The molecule has 1 aromatic carbocycles. The fourth-order valence-corrected chi connectivity index (χ4v) is 2.31. The number of carbonyl (C=O) groups is 2. The van der Waals surface area contributed by atoms with Crippen molar-refractivity contribution < 1.29 is 19.1 Å². The average molecular weight is 292 g/mol. The number of amides is 1. The molecule has 0 saturated carbocycles. The topological polar surface area (TPSA) is 59.1 Å². The van der Waals surface area contributed by atoms with Crippen molar-refractivity contribution in [2.24, 2.45) is 0 Å². The van der Waals surface area contributed by atoms with E-state index in [1.54, 1.807) is 17.9 Å². The molecule has 0 bridgehead atoms. The van der Waals surface area contributed by atoms with Crippen molar-refractivity contribution in [3.05, 3.63) is 29.8 Å². The molecule has 0 aromatic heterocycles. The summed E-state index contributed by atoms with van der Waals surface area (Å²) in [7, 11) is 1.37. The van der Waals surface area contributed by atoms with Crippen LogP contribution in [0.3, 0.4) is 0 Å². The molecule has 2 rings (SSSR count). The van der Waals surface area contributed by atoms with Crippen LogP contribution in [-0.4, -0.2) is 56.9 Å². The number of hydrogen-bond acceptors (Lipinski definition) is 5. The Bertz CT molecular complexity index is 510. The van der Waals surface area contributed by atoms with Gasteiger partial charge in [-0.25, -0.2) is 9.59 Å². The molecular formula is C15H20N2O4. The van der Waals surface area contributed by atoms with E-state index < -0.39 is 0 Å². The lowest BCUT2D eigenvalue weighted by molar-refractivity contribution is 0.0600. The van der Waals surface area contributed by atoms with Gasteiger partial charge in [0.15, 0.2) is 0 Å². The van der Waals surface area contributed by atoms with E-state index in [0.717, 1.165) is 5.69 Å². The molecule has 6 heteroatoms. The fourth-order valence-electron chi connectivity index (χ4n) is 2.31. The fraction of sp³-hybridized carbons (Fsp3) is 0.467. The zero-order chi connectivity index (χ0) is 15.2. The molecule has 1 aliphatic heterocycles. The highest BCUT2D eigenvalue weighted by atomic mass is 16.6. The second-order valence-electron chi connectivity index (χ2n) is 4.71. The van der Waals surface area contributed by atoms with Gasteiger partial charge in [-0.1, -0.05) is 6.07 Å². The standard InChI is InChI=1S/C15H20N2O4/c1-3-21-15(19)17-9-7-16(8-10-17)13-6-4-5-12(11-13)14(18)20-2/h4-6,11H,3,7-10H2,1-2H3. The number of rotatable bonds is 3. The van der Waals surface area contributed by atoms with Gasteiger partial charge < -0.3 is 19.3 Å². The first-order chi connectivity index (χ1) is 10.2. The molecule has 1 amide bonds. The van der Waals surface area contributed by atoms with Crippen LogP contribution in [0.25, 0.3) is 0 Å². The number of hydrogen-bond donors (Lipinski definition) is 0. The number of carbonyl (C=O) groups excluding carboxylic acids is 2. The largest absolute Gasteiger partial charge is 0.465 e. The van der Waals surface area contributed by atoms with Crippen molar-refractivity contribution in [2.75, 3.05) is 44.8 Å². The van der Waals surface area contributed by atoms with E-state index in [0.29, 0.717) is 38.3 Å². The minimum atomic E-state index is -0.345. The van der Waals surface area contributed by atoms with Gasteiger partial charge in [-0.05, 0) is 25.1 Å². The van der Waals surface area contributed by atoms with Crippen LogP contribution in [0.15, 0.2) is 24.3 Å². The van der Waals surface area contributed by atoms with E-state index in [4.69, 9.17) is 9.47 Å². The van der Waals surface area contributed by atoms with Crippen molar-refractivity contribution in [2.45, 2.75) is 6.92 Å². The predicted molar refractivity (Wildman–Crippen MR) is 78.6 cm³/mol. The second-order valence-corrected chi connectivity index (χ2v) is 4.71. The van der Waals surface area contributed by atoms with Gasteiger partial charge in [-0.15, -0.1) is 0 Å². The number of ether oxygens (including phenoxy) is 2. The summed E-state index contributed by atoms with van der Waals surface area (Å²) in [6.07, 6.45) is -0.263. The summed E-state index contributed by atoms with van der Waals surface area (Å²) in [4.78, 5) is 27.0. The third-order valence-electron chi connectivity index (χ3n) is 3.44. The quantitative estimate of drug-likeness (QED) is 0.794. The van der Waals surface area contributed by atoms with Gasteiger partial charge in [-0.3, -0.25) is 0 Å². The van der Waals surface area contributed by atoms with E-state index in [1.165, 1.54) is 7.11 Å². The minimum Gasteiger partial charge on any atom is -0.465 e. The summed E-state index contributed by atoms with van der Waals surface area (Å²) < 4.78 is 9.72. The third kappa shape index (κ3) is 3.65. The lowest BCUT2D eigenvalue weighted by atomic mass is 10.1. The number of benzene rings is 1. The van der Waals surface area contributed by atoms with Crippen molar-refractivity contribution in [1.29, 1.82) is 0 Å². The first kappa shape index (κ1) is 15.2. The predicted octanol–water partition coefficient (Wildman–Crippen LogP) is 1.75. The maximum Gasteiger partial charge on any atom is 0.409 e. The van der Waals surface area contributed by atoms with Gasteiger partial charge in [0.25, 0.3) is 0 Å². The van der Waals surface area contributed by atoms with E-state index in [2.05, 4.69) is 4.90 Å². The Balaban J connectivity index is 1.99. The highest BCUT2D eigenvalue weighted by Crippen LogP contribution is 2.19. The molecule has 0 N–H and O–H groups in total. The first-order valence-corrected chi connectivity index (χ1v) is 7.00. The van der Waals surface area contributed by atoms with Crippen molar-refractivity contribution in [1.82, 2.24) is 4.90 Å². The van der Waals surface area contributed by atoms with E-state index in [-0.39, 0.29) is 12.1 Å². The highest BCUT2D eigenvalue weighted by Gasteiger charge is 2.22. The molecule has 114 valence electrons.